The number of nitrogens with one attached hydrogen (secondary N) is 1. The number of ether oxygens (including phenoxy) is 3. The minimum Gasteiger partial charge on any atom is -0.490 e. The Morgan fingerprint density at radius 1 is 1.04 bits per heavy atom. The highest BCUT2D eigenvalue weighted by Gasteiger charge is 2.57. The van der Waals surface area contributed by atoms with Crippen LogP contribution in [0.25, 0.3) is 0 Å². The van der Waals surface area contributed by atoms with E-state index in [0.717, 1.165) is 4.31 Å². The van der Waals surface area contributed by atoms with E-state index >= 15 is 0 Å². The Bertz CT molecular complexity index is 1630. The Morgan fingerprint density at radius 2 is 1.71 bits per heavy atom. The van der Waals surface area contributed by atoms with Crippen molar-refractivity contribution in [1.29, 1.82) is 0 Å². The average molecular weight is 660 g/mol. The number of aromatic nitrogens is 2. The lowest BCUT2D eigenvalue weighted by Gasteiger charge is -2.39. The molecular weight excluding hydrogens is 622 g/mol. The van der Waals surface area contributed by atoms with Crippen LogP contribution >= 0.6 is 11.8 Å². The van der Waals surface area contributed by atoms with E-state index in [1.54, 1.807) is 31.3 Å². The van der Waals surface area contributed by atoms with Gasteiger partial charge in [-0.25, -0.2) is 13.9 Å². The molecule has 1 aromatic heterocycles. The Kier molecular flexibility index (Phi) is 10.1. The zero-order chi connectivity index (χ0) is 33.0. The number of Topliss-reactive ketones (excluding diaryl/α,β-unsaturated/α-hetero) is 1. The summed E-state index contributed by atoms with van der Waals surface area (Å²) in [6, 6.07) is 15.6. The average Bonchev–Trinajstić information content (AvgIpc) is 3.61. The molecule has 4 rings (SSSR count). The molecule has 2 atom stereocenters. The van der Waals surface area contributed by atoms with Crippen molar-refractivity contribution in [3.05, 3.63) is 66.9 Å². The molecule has 1 fully saturated rings. The van der Waals surface area contributed by atoms with Gasteiger partial charge in [-0.1, -0.05) is 18.2 Å². The zero-order valence-electron chi connectivity index (χ0n) is 25.9. The second-order valence-electron chi connectivity index (χ2n) is 11.3. The molecule has 1 saturated heterocycles. The number of carbonyl (C=O) groups is 3. The minimum atomic E-state index is -4.67. The number of hydrogen-bond donors (Lipinski definition) is 1. The van der Waals surface area contributed by atoms with E-state index in [4.69, 9.17) is 14.2 Å². The highest BCUT2D eigenvalue weighted by atomic mass is 32.2. The first kappa shape index (κ1) is 33.8. The largest absolute Gasteiger partial charge is 0.490 e. The number of carbonyl (C=O) groups excluding carboxylic acids is 3. The normalized spacial score (nSPS) is 17.2. The van der Waals surface area contributed by atoms with Gasteiger partial charge in [0.15, 0.2) is 10.8 Å². The fourth-order valence-corrected chi connectivity index (χ4v) is 7.61. The van der Waals surface area contributed by atoms with E-state index in [-0.39, 0.29) is 29.7 Å². The topological polar surface area (TPSA) is 149 Å². The fraction of sp³-hybridized carbons (Fsp3) is 0.400. The smallest absolute Gasteiger partial charge is 0.414 e. The number of benzene rings is 2. The van der Waals surface area contributed by atoms with E-state index in [2.05, 4.69) is 10.4 Å². The van der Waals surface area contributed by atoms with Crippen LogP contribution in [0.1, 0.15) is 20.8 Å². The lowest BCUT2D eigenvalue weighted by Crippen LogP contribution is -2.65. The number of sulfonamides is 1. The monoisotopic (exact) mass is 659 g/mol. The molecule has 0 unspecified atom stereocenters. The summed E-state index contributed by atoms with van der Waals surface area (Å²) in [5, 5.41) is 5.95. The van der Waals surface area contributed by atoms with Gasteiger partial charge in [0.05, 0.1) is 5.69 Å². The predicted octanol–water partition coefficient (Wildman–Crippen LogP) is 3.07. The first-order chi connectivity index (χ1) is 21.1. The number of amides is 1. The van der Waals surface area contributed by atoms with Gasteiger partial charge in [0.25, 0.3) is 10.0 Å². The summed E-state index contributed by atoms with van der Waals surface area (Å²) in [4.78, 5) is 41.8. The summed E-state index contributed by atoms with van der Waals surface area (Å²) < 4.78 is 47.2. The maximum atomic E-state index is 14.4. The number of anilines is 1. The summed E-state index contributed by atoms with van der Waals surface area (Å²) in [5.41, 5.74) is -2.92. The van der Waals surface area contributed by atoms with Crippen molar-refractivity contribution in [3.8, 4) is 11.5 Å². The molecule has 1 amide bonds. The van der Waals surface area contributed by atoms with Crippen molar-refractivity contribution in [2.75, 3.05) is 37.4 Å². The van der Waals surface area contributed by atoms with E-state index in [1.807, 2.05) is 19.9 Å². The summed E-state index contributed by atoms with van der Waals surface area (Å²) >= 11 is 1.27. The molecule has 0 spiro atoms. The molecule has 1 aliphatic heterocycles. The van der Waals surface area contributed by atoms with Crippen LogP contribution in [0.3, 0.4) is 0 Å². The lowest BCUT2D eigenvalue weighted by atomic mass is 9.94. The summed E-state index contributed by atoms with van der Waals surface area (Å²) in [7, 11) is -0.0900. The third-order valence-corrected chi connectivity index (χ3v) is 10.2. The van der Waals surface area contributed by atoms with Gasteiger partial charge < -0.3 is 19.1 Å². The van der Waals surface area contributed by atoms with Crippen molar-refractivity contribution >= 4 is 45.3 Å². The molecule has 45 heavy (non-hydrogen) atoms. The maximum Gasteiger partial charge on any atom is 0.414 e. The molecule has 2 aromatic carbocycles. The van der Waals surface area contributed by atoms with Crippen LogP contribution in [0.15, 0.2) is 71.9 Å². The number of thioether (sulfide) groups is 1. The lowest BCUT2D eigenvalue weighted by molar-refractivity contribution is -0.153. The molecule has 0 aliphatic carbocycles. The van der Waals surface area contributed by atoms with Crippen molar-refractivity contribution in [3.63, 3.8) is 0 Å². The first-order valence-corrected chi connectivity index (χ1v) is 16.5. The SMILES string of the molecule is CN(C)C(=O)Oc1ccc(N([C@@](C)(C(=O)OCCOc2ccccc2)C(=O)[C@H]2NC(C)(C)CS2)S(=O)(=O)c2ccn(C)n2)cc1. The van der Waals surface area contributed by atoms with Crippen molar-refractivity contribution in [2.24, 2.45) is 7.05 Å². The molecule has 242 valence electrons. The highest BCUT2D eigenvalue weighted by Crippen LogP contribution is 2.38. The van der Waals surface area contributed by atoms with Crippen molar-refractivity contribution < 1.29 is 37.0 Å². The van der Waals surface area contributed by atoms with E-state index in [0.29, 0.717) is 11.5 Å². The predicted molar refractivity (Wildman–Crippen MR) is 169 cm³/mol. The minimum absolute atomic E-state index is 0.0393. The molecule has 0 bridgehead atoms. The van der Waals surface area contributed by atoms with E-state index in [1.165, 1.54) is 78.9 Å². The van der Waals surface area contributed by atoms with Gasteiger partial charge in [-0.15, -0.1) is 11.8 Å². The summed E-state index contributed by atoms with van der Waals surface area (Å²) in [5.74, 6) is -0.613. The number of para-hydroxylation sites is 1. The quantitative estimate of drug-likeness (QED) is 0.174. The summed E-state index contributed by atoms with van der Waals surface area (Å²) in [6.45, 7) is 4.73. The maximum absolute atomic E-state index is 14.4. The van der Waals surface area contributed by atoms with Crippen LogP contribution in [0, 0.1) is 0 Å². The standard InChI is InChI=1S/C30H37N5O8S2/c1-29(2)20-44-26(31-29)25(36)30(3,27(37)42-19-18-41-22-10-8-7-9-11-22)35(45(39,40)24-16-17-34(6)32-24)21-12-14-23(15-13-21)43-28(38)33(4)5/h7-17,26,31H,18-20H2,1-6H3/t26-,30+/m0/s1. The number of nitrogens with zero attached hydrogens (tertiary/aromatic N) is 4. The van der Waals surface area contributed by atoms with Gasteiger partial charge in [-0.2, -0.15) is 13.5 Å². The number of esters is 1. The summed E-state index contributed by atoms with van der Waals surface area (Å²) in [6.07, 6.45) is 0.790. The Morgan fingerprint density at radius 3 is 2.27 bits per heavy atom. The highest BCUT2D eigenvalue weighted by molar-refractivity contribution is 8.01. The molecule has 13 nitrogen and oxygen atoms in total. The zero-order valence-corrected chi connectivity index (χ0v) is 27.6. The molecule has 1 aliphatic rings. The fourth-order valence-electron chi connectivity index (χ4n) is 4.46. The van der Waals surface area contributed by atoms with Gasteiger partial charge in [-0.05, 0) is 63.2 Å². The Balaban J connectivity index is 1.77. The second-order valence-corrected chi connectivity index (χ2v) is 14.1. The first-order valence-electron chi connectivity index (χ1n) is 14.0. The molecule has 0 radical (unpaired) electrons. The number of aryl methyl sites for hydroxylation is 1. The molecule has 3 aromatic rings. The van der Waals surface area contributed by atoms with Crippen LogP contribution in [0.2, 0.25) is 0 Å². The molecule has 0 saturated carbocycles. The number of ketones is 1. The van der Waals surface area contributed by atoms with Crippen LogP contribution in [0.4, 0.5) is 10.5 Å². The van der Waals surface area contributed by atoms with Crippen molar-refractivity contribution in [1.82, 2.24) is 20.0 Å². The third-order valence-electron chi connectivity index (χ3n) is 6.82. The van der Waals surface area contributed by atoms with Crippen LogP contribution in [-0.4, -0.2) is 90.5 Å². The van der Waals surface area contributed by atoms with E-state index < -0.39 is 44.3 Å². The second kappa shape index (κ2) is 13.5. The molecule has 15 heteroatoms. The molecular formula is C30H37N5O8S2. The van der Waals surface area contributed by atoms with Crippen LogP contribution in [0.5, 0.6) is 11.5 Å². The van der Waals surface area contributed by atoms with Gasteiger partial charge in [-0.3, -0.25) is 14.8 Å². The number of rotatable bonds is 12. The van der Waals surface area contributed by atoms with Crippen molar-refractivity contribution in [2.45, 2.75) is 42.2 Å². The molecule has 2 heterocycles. The Hall–Kier alpha value is -4.08. The molecule has 1 N–H and O–H groups in total. The van der Waals surface area contributed by atoms with Gasteiger partial charge >= 0.3 is 12.1 Å². The Labute approximate surface area is 266 Å². The van der Waals surface area contributed by atoms with Gasteiger partial charge in [0.1, 0.15) is 30.1 Å². The van der Waals surface area contributed by atoms with Gasteiger partial charge in [0, 0.05) is 38.6 Å². The third kappa shape index (κ3) is 7.60. The van der Waals surface area contributed by atoms with Gasteiger partial charge in [0.2, 0.25) is 5.54 Å². The van der Waals surface area contributed by atoms with Crippen LogP contribution < -0.4 is 19.1 Å². The van der Waals surface area contributed by atoms with Crippen LogP contribution in [-0.2, 0) is 31.4 Å². The number of hydrogen-bond acceptors (Lipinski definition) is 11. The van der Waals surface area contributed by atoms with E-state index in [9.17, 15) is 22.8 Å².